The lowest BCUT2D eigenvalue weighted by molar-refractivity contribution is 0.375. The van der Waals surface area contributed by atoms with Gasteiger partial charge < -0.3 is 10.3 Å². The van der Waals surface area contributed by atoms with Gasteiger partial charge in [0.15, 0.2) is 0 Å². The lowest BCUT2D eigenvalue weighted by atomic mass is 9.85. The van der Waals surface area contributed by atoms with Crippen molar-refractivity contribution in [3.05, 3.63) is 29.0 Å². The molecule has 0 spiro atoms. The van der Waals surface area contributed by atoms with Gasteiger partial charge in [0.25, 0.3) is 0 Å². The highest BCUT2D eigenvalue weighted by atomic mass is 35.5. The molecule has 19 heavy (non-hydrogen) atoms. The van der Waals surface area contributed by atoms with E-state index in [1.54, 1.807) is 0 Å². The highest BCUT2D eigenvalue weighted by Gasteiger charge is 2.25. The number of nitrogens with two attached hydrogens (primary N) is 1. The SMILES string of the molecule is CCn1c(C2CCCC(N)C2)nc2ccc(Cl)cc21. The van der Waals surface area contributed by atoms with Gasteiger partial charge in [-0.15, -0.1) is 0 Å². The van der Waals surface area contributed by atoms with Gasteiger partial charge in [-0.3, -0.25) is 0 Å². The van der Waals surface area contributed by atoms with Gasteiger partial charge in [-0.2, -0.15) is 0 Å². The molecule has 1 aliphatic carbocycles. The van der Waals surface area contributed by atoms with Crippen LogP contribution in [0.15, 0.2) is 18.2 Å². The molecule has 0 bridgehead atoms. The Morgan fingerprint density at radius 3 is 3.00 bits per heavy atom. The summed E-state index contributed by atoms with van der Waals surface area (Å²) >= 11 is 6.10. The van der Waals surface area contributed by atoms with Crippen molar-refractivity contribution < 1.29 is 0 Å². The molecule has 1 aromatic heterocycles. The molecule has 0 amide bonds. The number of imidazole rings is 1. The first-order chi connectivity index (χ1) is 9.19. The minimum Gasteiger partial charge on any atom is -0.328 e. The van der Waals surface area contributed by atoms with E-state index in [0.29, 0.717) is 12.0 Å². The Morgan fingerprint density at radius 1 is 1.42 bits per heavy atom. The Morgan fingerprint density at radius 2 is 2.26 bits per heavy atom. The van der Waals surface area contributed by atoms with Crippen LogP contribution in [0.3, 0.4) is 0 Å². The van der Waals surface area contributed by atoms with Gasteiger partial charge >= 0.3 is 0 Å². The fourth-order valence-electron chi connectivity index (χ4n) is 3.22. The molecule has 0 saturated heterocycles. The van der Waals surface area contributed by atoms with Crippen molar-refractivity contribution in [1.82, 2.24) is 9.55 Å². The summed E-state index contributed by atoms with van der Waals surface area (Å²) in [6, 6.07) is 6.26. The smallest absolute Gasteiger partial charge is 0.113 e. The molecule has 3 nitrogen and oxygen atoms in total. The number of aryl methyl sites for hydroxylation is 1. The van der Waals surface area contributed by atoms with Gasteiger partial charge in [0.05, 0.1) is 11.0 Å². The molecule has 1 heterocycles. The van der Waals surface area contributed by atoms with Crippen LogP contribution in [0.4, 0.5) is 0 Å². The van der Waals surface area contributed by atoms with Crippen LogP contribution in [0.5, 0.6) is 0 Å². The van der Waals surface area contributed by atoms with Crippen molar-refractivity contribution in [3.8, 4) is 0 Å². The first-order valence-electron chi connectivity index (χ1n) is 7.10. The summed E-state index contributed by atoms with van der Waals surface area (Å²) in [6.07, 6.45) is 4.61. The predicted octanol–water partition coefficient (Wildman–Crippen LogP) is 3.69. The van der Waals surface area contributed by atoms with Gasteiger partial charge in [-0.25, -0.2) is 4.98 Å². The van der Waals surface area contributed by atoms with E-state index in [9.17, 15) is 0 Å². The monoisotopic (exact) mass is 277 g/mol. The van der Waals surface area contributed by atoms with Crippen molar-refractivity contribution in [2.45, 2.75) is 51.1 Å². The fourth-order valence-corrected chi connectivity index (χ4v) is 3.39. The molecule has 0 aliphatic heterocycles. The molecule has 4 heteroatoms. The van der Waals surface area contributed by atoms with Crippen molar-refractivity contribution in [2.24, 2.45) is 5.73 Å². The van der Waals surface area contributed by atoms with Crippen molar-refractivity contribution in [3.63, 3.8) is 0 Å². The quantitative estimate of drug-likeness (QED) is 0.910. The molecule has 1 aliphatic rings. The summed E-state index contributed by atoms with van der Waals surface area (Å²) in [4.78, 5) is 4.83. The second-order valence-electron chi connectivity index (χ2n) is 5.47. The third kappa shape index (κ3) is 2.37. The summed E-state index contributed by atoms with van der Waals surface area (Å²) in [5.74, 6) is 1.68. The molecule has 102 valence electrons. The van der Waals surface area contributed by atoms with Crippen LogP contribution < -0.4 is 5.73 Å². The Hall–Kier alpha value is -1.06. The number of halogens is 1. The van der Waals surface area contributed by atoms with Gasteiger partial charge in [-0.05, 0) is 44.4 Å². The minimum atomic E-state index is 0.326. The number of benzene rings is 1. The standard InChI is InChI=1S/C15H20ClN3/c1-2-19-14-9-11(16)6-7-13(14)18-15(19)10-4-3-5-12(17)8-10/h6-7,9-10,12H,2-5,8,17H2,1H3. The van der Waals surface area contributed by atoms with E-state index in [1.165, 1.54) is 18.7 Å². The van der Waals surface area contributed by atoms with E-state index in [2.05, 4.69) is 11.5 Å². The third-order valence-corrected chi connectivity index (χ3v) is 4.37. The average Bonchev–Trinajstić information content (AvgIpc) is 2.76. The number of fused-ring (bicyclic) bond motifs is 1. The maximum absolute atomic E-state index is 6.11. The Labute approximate surface area is 118 Å². The van der Waals surface area contributed by atoms with E-state index in [1.807, 2.05) is 18.2 Å². The highest BCUT2D eigenvalue weighted by molar-refractivity contribution is 6.31. The average molecular weight is 278 g/mol. The van der Waals surface area contributed by atoms with Crippen molar-refractivity contribution in [1.29, 1.82) is 0 Å². The molecule has 3 rings (SSSR count). The molecule has 0 radical (unpaired) electrons. The van der Waals surface area contributed by atoms with Crippen molar-refractivity contribution >= 4 is 22.6 Å². The van der Waals surface area contributed by atoms with Crippen LogP contribution in [0.2, 0.25) is 5.02 Å². The predicted molar refractivity (Wildman–Crippen MR) is 79.6 cm³/mol. The molecular weight excluding hydrogens is 258 g/mol. The highest BCUT2D eigenvalue weighted by Crippen LogP contribution is 2.34. The first-order valence-corrected chi connectivity index (χ1v) is 7.48. The van der Waals surface area contributed by atoms with Crippen LogP contribution in [0, 0.1) is 0 Å². The zero-order chi connectivity index (χ0) is 13.4. The lowest BCUT2D eigenvalue weighted by Crippen LogP contribution is -2.28. The number of hydrogen-bond donors (Lipinski definition) is 1. The number of rotatable bonds is 2. The summed E-state index contributed by atoms with van der Waals surface area (Å²) in [5, 5.41) is 0.772. The fraction of sp³-hybridized carbons (Fsp3) is 0.533. The van der Waals surface area contributed by atoms with E-state index in [4.69, 9.17) is 22.3 Å². The number of aromatic nitrogens is 2. The lowest BCUT2D eigenvalue weighted by Gasteiger charge is -2.26. The number of hydrogen-bond acceptors (Lipinski definition) is 2. The van der Waals surface area contributed by atoms with E-state index in [0.717, 1.165) is 35.4 Å². The summed E-state index contributed by atoms with van der Waals surface area (Å²) in [5.41, 5.74) is 8.30. The van der Waals surface area contributed by atoms with Crippen molar-refractivity contribution in [2.75, 3.05) is 0 Å². The van der Waals surface area contributed by atoms with Crippen LogP contribution in [0.25, 0.3) is 11.0 Å². The zero-order valence-corrected chi connectivity index (χ0v) is 12.0. The first kappa shape index (κ1) is 12.9. The Kier molecular flexibility index (Phi) is 3.50. The maximum Gasteiger partial charge on any atom is 0.113 e. The normalized spacial score (nSPS) is 23.9. The summed E-state index contributed by atoms with van der Waals surface area (Å²) < 4.78 is 2.30. The minimum absolute atomic E-state index is 0.326. The molecule has 1 fully saturated rings. The van der Waals surface area contributed by atoms with E-state index >= 15 is 0 Å². The second kappa shape index (κ2) is 5.14. The van der Waals surface area contributed by atoms with Gasteiger partial charge in [0.2, 0.25) is 0 Å². The van der Waals surface area contributed by atoms with Gasteiger partial charge in [0.1, 0.15) is 5.82 Å². The topological polar surface area (TPSA) is 43.8 Å². The Bertz CT molecular complexity index is 590. The summed E-state index contributed by atoms with van der Waals surface area (Å²) in [6.45, 7) is 3.09. The van der Waals surface area contributed by atoms with E-state index < -0.39 is 0 Å². The largest absolute Gasteiger partial charge is 0.328 e. The molecule has 2 aromatic rings. The molecule has 1 saturated carbocycles. The number of nitrogens with zero attached hydrogens (tertiary/aromatic N) is 2. The molecule has 1 aromatic carbocycles. The van der Waals surface area contributed by atoms with Crippen LogP contribution >= 0.6 is 11.6 Å². The van der Waals surface area contributed by atoms with E-state index in [-0.39, 0.29) is 0 Å². The van der Waals surface area contributed by atoms with Gasteiger partial charge in [0, 0.05) is 23.5 Å². The van der Waals surface area contributed by atoms with Crippen LogP contribution in [0.1, 0.15) is 44.3 Å². The maximum atomic E-state index is 6.11. The molecular formula is C15H20ClN3. The van der Waals surface area contributed by atoms with Crippen LogP contribution in [-0.2, 0) is 6.54 Å². The Balaban J connectivity index is 2.07. The summed E-state index contributed by atoms with van der Waals surface area (Å²) in [7, 11) is 0. The second-order valence-corrected chi connectivity index (χ2v) is 5.91. The van der Waals surface area contributed by atoms with Crippen LogP contribution in [-0.4, -0.2) is 15.6 Å². The van der Waals surface area contributed by atoms with Gasteiger partial charge in [-0.1, -0.05) is 18.0 Å². The molecule has 2 atom stereocenters. The molecule has 2 N–H and O–H groups in total. The molecule has 2 unspecified atom stereocenters. The zero-order valence-electron chi connectivity index (χ0n) is 11.3. The third-order valence-electron chi connectivity index (χ3n) is 4.14.